The van der Waals surface area contributed by atoms with Crippen LogP contribution in [0.4, 0.5) is 0 Å². The summed E-state index contributed by atoms with van der Waals surface area (Å²) >= 11 is 0. The van der Waals surface area contributed by atoms with E-state index in [2.05, 4.69) is 4.98 Å². The number of rotatable bonds is 7. The lowest BCUT2D eigenvalue weighted by Gasteiger charge is -2.13. The Morgan fingerprint density at radius 3 is 2.70 bits per heavy atom. The zero-order valence-electron chi connectivity index (χ0n) is 14.9. The highest BCUT2D eigenvalue weighted by molar-refractivity contribution is 7.89. The molecule has 0 radical (unpaired) electrons. The molecule has 2 aromatic carbocycles. The molecule has 0 saturated carbocycles. The Bertz CT molecular complexity index is 1040. The molecule has 1 aromatic heterocycles. The average molecular weight is 387 g/mol. The molecule has 3 N–H and O–H groups in total. The SMILES string of the molecule is COc1ccc(-c2nccn2CCCO)cc1-c1cccc(S(N)(=O)=O)c1. The number of ether oxygens (including phenoxy) is 1. The minimum absolute atomic E-state index is 0.0388. The van der Waals surface area contributed by atoms with Crippen LogP contribution in [0.2, 0.25) is 0 Å². The number of methoxy groups -OCH3 is 1. The lowest BCUT2D eigenvalue weighted by atomic mass is 10.0. The third-order valence-corrected chi connectivity index (χ3v) is 5.11. The zero-order chi connectivity index (χ0) is 19.4. The van der Waals surface area contributed by atoms with Gasteiger partial charge in [0.25, 0.3) is 0 Å². The second kappa shape index (κ2) is 7.91. The number of aromatic nitrogens is 2. The summed E-state index contributed by atoms with van der Waals surface area (Å²) in [5.74, 6) is 1.37. The minimum atomic E-state index is -3.80. The standard InChI is InChI=1S/C19H21N3O4S/c1-26-18-7-6-15(19-21-8-10-22(19)9-3-11-23)13-17(18)14-4-2-5-16(12-14)27(20,24)25/h2,4-8,10,12-13,23H,3,9,11H2,1H3,(H2,20,24,25). The number of hydrogen-bond donors (Lipinski definition) is 2. The van der Waals surface area contributed by atoms with E-state index in [9.17, 15) is 8.42 Å². The number of primary sulfonamides is 1. The molecule has 1 heterocycles. The fourth-order valence-electron chi connectivity index (χ4n) is 2.90. The Hall–Kier alpha value is -2.68. The van der Waals surface area contributed by atoms with E-state index in [-0.39, 0.29) is 11.5 Å². The Morgan fingerprint density at radius 2 is 2.00 bits per heavy atom. The van der Waals surface area contributed by atoms with Gasteiger partial charge in [-0.1, -0.05) is 12.1 Å². The van der Waals surface area contributed by atoms with Crippen LogP contribution in [-0.4, -0.2) is 36.8 Å². The van der Waals surface area contributed by atoms with Crippen LogP contribution >= 0.6 is 0 Å². The van der Waals surface area contributed by atoms with Gasteiger partial charge < -0.3 is 14.4 Å². The molecule has 142 valence electrons. The van der Waals surface area contributed by atoms with Gasteiger partial charge in [0.2, 0.25) is 10.0 Å². The molecule has 8 heteroatoms. The summed E-state index contributed by atoms with van der Waals surface area (Å²) in [5, 5.41) is 14.3. The maximum absolute atomic E-state index is 11.7. The van der Waals surface area contributed by atoms with Gasteiger partial charge in [0, 0.05) is 36.7 Å². The van der Waals surface area contributed by atoms with E-state index in [4.69, 9.17) is 15.0 Å². The van der Waals surface area contributed by atoms with Crippen LogP contribution in [0, 0.1) is 0 Å². The van der Waals surface area contributed by atoms with Gasteiger partial charge in [0.15, 0.2) is 0 Å². The third-order valence-electron chi connectivity index (χ3n) is 4.20. The van der Waals surface area contributed by atoms with Crippen molar-refractivity contribution in [1.29, 1.82) is 0 Å². The van der Waals surface area contributed by atoms with Crippen molar-refractivity contribution in [2.24, 2.45) is 5.14 Å². The largest absolute Gasteiger partial charge is 0.496 e. The van der Waals surface area contributed by atoms with E-state index in [0.29, 0.717) is 24.3 Å². The van der Waals surface area contributed by atoms with E-state index in [1.807, 2.05) is 29.0 Å². The number of nitrogens with zero attached hydrogens (tertiary/aromatic N) is 2. The molecule has 0 saturated heterocycles. The van der Waals surface area contributed by atoms with E-state index in [1.54, 1.807) is 25.4 Å². The van der Waals surface area contributed by atoms with Crippen LogP contribution in [0.3, 0.4) is 0 Å². The lowest BCUT2D eigenvalue weighted by molar-refractivity contribution is 0.280. The Balaban J connectivity index is 2.09. The van der Waals surface area contributed by atoms with E-state index in [1.165, 1.54) is 12.1 Å². The number of benzene rings is 2. The van der Waals surface area contributed by atoms with Gasteiger partial charge in [0.1, 0.15) is 11.6 Å². The van der Waals surface area contributed by atoms with Gasteiger partial charge in [-0.15, -0.1) is 0 Å². The number of aliphatic hydroxyl groups is 1. The minimum Gasteiger partial charge on any atom is -0.496 e. The second-order valence-corrected chi connectivity index (χ2v) is 7.57. The number of nitrogens with two attached hydrogens (primary N) is 1. The predicted molar refractivity (Wildman–Crippen MR) is 103 cm³/mol. The average Bonchev–Trinajstić information content (AvgIpc) is 3.13. The third kappa shape index (κ3) is 4.19. The van der Waals surface area contributed by atoms with Crippen LogP contribution in [0.5, 0.6) is 5.75 Å². The molecule has 3 aromatic rings. The van der Waals surface area contributed by atoms with Gasteiger partial charge >= 0.3 is 0 Å². The van der Waals surface area contributed by atoms with Crippen molar-refractivity contribution in [2.75, 3.05) is 13.7 Å². The topological polar surface area (TPSA) is 107 Å². The molecular formula is C19H21N3O4S. The number of hydrogen-bond acceptors (Lipinski definition) is 5. The van der Waals surface area contributed by atoms with Crippen LogP contribution in [-0.2, 0) is 16.6 Å². The molecule has 0 aliphatic rings. The van der Waals surface area contributed by atoms with E-state index >= 15 is 0 Å². The molecule has 0 unspecified atom stereocenters. The molecule has 0 aliphatic carbocycles. The van der Waals surface area contributed by atoms with Crippen LogP contribution < -0.4 is 9.88 Å². The Labute approximate surface area is 158 Å². The van der Waals surface area contributed by atoms with Crippen molar-refractivity contribution in [2.45, 2.75) is 17.9 Å². The summed E-state index contributed by atoms with van der Waals surface area (Å²) in [6.07, 6.45) is 4.19. The highest BCUT2D eigenvalue weighted by atomic mass is 32.2. The van der Waals surface area contributed by atoms with Gasteiger partial charge in [-0.3, -0.25) is 0 Å². The summed E-state index contributed by atoms with van der Waals surface area (Å²) in [6, 6.07) is 12.0. The highest BCUT2D eigenvalue weighted by Gasteiger charge is 2.14. The van der Waals surface area contributed by atoms with Crippen molar-refractivity contribution in [3.8, 4) is 28.3 Å². The number of imidazole rings is 1. The molecule has 0 spiro atoms. The van der Waals surface area contributed by atoms with Crippen molar-refractivity contribution in [3.05, 3.63) is 54.9 Å². The maximum Gasteiger partial charge on any atom is 0.238 e. The normalized spacial score (nSPS) is 11.5. The smallest absolute Gasteiger partial charge is 0.238 e. The van der Waals surface area contributed by atoms with Crippen LogP contribution in [0.1, 0.15) is 6.42 Å². The van der Waals surface area contributed by atoms with E-state index in [0.717, 1.165) is 17.0 Å². The van der Waals surface area contributed by atoms with Crippen LogP contribution in [0.25, 0.3) is 22.5 Å². The number of aliphatic hydroxyl groups excluding tert-OH is 1. The first-order valence-corrected chi connectivity index (χ1v) is 9.92. The summed E-state index contributed by atoms with van der Waals surface area (Å²) in [6.45, 7) is 0.750. The maximum atomic E-state index is 11.7. The molecule has 3 rings (SSSR count). The molecule has 0 aliphatic heterocycles. The summed E-state index contributed by atoms with van der Waals surface area (Å²) < 4.78 is 30.8. The fourth-order valence-corrected chi connectivity index (χ4v) is 3.46. The van der Waals surface area contributed by atoms with Gasteiger partial charge in [-0.25, -0.2) is 18.5 Å². The Morgan fingerprint density at radius 1 is 1.19 bits per heavy atom. The second-order valence-electron chi connectivity index (χ2n) is 6.01. The molecule has 0 amide bonds. The summed E-state index contributed by atoms with van der Waals surface area (Å²) in [7, 11) is -2.24. The number of aryl methyl sites for hydroxylation is 1. The Kier molecular flexibility index (Phi) is 5.59. The molecule has 7 nitrogen and oxygen atoms in total. The fraction of sp³-hybridized carbons (Fsp3) is 0.211. The number of sulfonamides is 1. The van der Waals surface area contributed by atoms with Gasteiger partial charge in [-0.2, -0.15) is 0 Å². The molecular weight excluding hydrogens is 366 g/mol. The van der Waals surface area contributed by atoms with Crippen molar-refractivity contribution in [1.82, 2.24) is 9.55 Å². The quantitative estimate of drug-likeness (QED) is 0.647. The van der Waals surface area contributed by atoms with Gasteiger partial charge in [-0.05, 0) is 42.3 Å². The first-order chi connectivity index (χ1) is 12.9. The summed E-state index contributed by atoms with van der Waals surface area (Å²) in [4.78, 5) is 4.45. The molecule has 0 atom stereocenters. The first kappa shape index (κ1) is 19.1. The monoisotopic (exact) mass is 387 g/mol. The van der Waals surface area contributed by atoms with E-state index < -0.39 is 10.0 Å². The zero-order valence-corrected chi connectivity index (χ0v) is 15.7. The van der Waals surface area contributed by atoms with Crippen molar-refractivity contribution < 1.29 is 18.3 Å². The van der Waals surface area contributed by atoms with Crippen molar-refractivity contribution >= 4 is 10.0 Å². The molecule has 0 bridgehead atoms. The van der Waals surface area contributed by atoms with Crippen molar-refractivity contribution in [3.63, 3.8) is 0 Å². The lowest BCUT2D eigenvalue weighted by Crippen LogP contribution is -2.11. The predicted octanol–water partition coefficient (Wildman–Crippen LogP) is 2.26. The van der Waals surface area contributed by atoms with Gasteiger partial charge in [0.05, 0.1) is 12.0 Å². The molecule has 0 fully saturated rings. The first-order valence-electron chi connectivity index (χ1n) is 8.37. The summed E-state index contributed by atoms with van der Waals surface area (Å²) in [5.41, 5.74) is 2.26. The highest BCUT2D eigenvalue weighted by Crippen LogP contribution is 2.34. The van der Waals surface area contributed by atoms with Crippen LogP contribution in [0.15, 0.2) is 59.8 Å². The molecule has 27 heavy (non-hydrogen) atoms.